The van der Waals surface area contributed by atoms with Gasteiger partial charge in [0.25, 0.3) is 0 Å². The van der Waals surface area contributed by atoms with E-state index in [9.17, 15) is 8.42 Å². The lowest BCUT2D eigenvalue weighted by Gasteiger charge is -2.14. The maximum atomic E-state index is 13.0. The average Bonchev–Trinajstić information content (AvgIpc) is 2.47. The number of rotatable bonds is 4. The van der Waals surface area contributed by atoms with Gasteiger partial charge in [-0.25, -0.2) is 8.42 Å². The van der Waals surface area contributed by atoms with Gasteiger partial charge in [-0.05, 0) is 88.0 Å². The molecule has 124 valence electrons. The van der Waals surface area contributed by atoms with Crippen LogP contribution in [0.15, 0.2) is 51.9 Å². The van der Waals surface area contributed by atoms with Crippen LogP contribution in [-0.2, 0) is 9.84 Å². The Kier molecular flexibility index (Phi) is 6.21. The third kappa shape index (κ3) is 3.49. The lowest BCUT2D eigenvalue weighted by atomic mass is 10.3. The van der Waals surface area contributed by atoms with E-state index in [-0.39, 0.29) is 9.79 Å². The molecule has 0 bridgehead atoms. The van der Waals surface area contributed by atoms with Crippen LogP contribution in [0, 0.1) is 0 Å². The van der Waals surface area contributed by atoms with Gasteiger partial charge in [0, 0.05) is 0 Å². The Morgan fingerprint density at radius 2 is 1.09 bits per heavy atom. The van der Waals surface area contributed by atoms with Gasteiger partial charge in [0.15, 0.2) is 0 Å². The van der Waals surface area contributed by atoms with Gasteiger partial charge in [0.2, 0.25) is 9.84 Å². The summed E-state index contributed by atoms with van der Waals surface area (Å²) in [5.74, 6) is 0.817. The summed E-state index contributed by atoms with van der Waals surface area (Å²) in [6.45, 7) is 0. The molecule has 0 atom stereocenters. The van der Waals surface area contributed by atoms with E-state index in [0.717, 1.165) is 0 Å². The second-order valence-corrected chi connectivity index (χ2v) is 9.47. The normalized spacial score (nSPS) is 11.4. The van der Waals surface area contributed by atoms with Gasteiger partial charge in [-0.15, -0.1) is 0 Å². The second-order valence-electron chi connectivity index (χ2n) is 4.29. The molecule has 2 aromatic carbocycles. The van der Waals surface area contributed by atoms with Gasteiger partial charge in [-0.2, -0.15) is 0 Å². The van der Waals surface area contributed by atoms with Crippen LogP contribution in [0.2, 0.25) is 0 Å². The van der Waals surface area contributed by atoms with Crippen molar-refractivity contribution in [3.8, 4) is 11.5 Å². The van der Waals surface area contributed by atoms with Crippen molar-refractivity contribution in [2.75, 3.05) is 14.2 Å². The molecule has 0 saturated carbocycles. The summed E-state index contributed by atoms with van der Waals surface area (Å²) in [6, 6.07) is 6.26. The molecule has 0 unspecified atom stereocenters. The van der Waals surface area contributed by atoms with Gasteiger partial charge in [-0.3, -0.25) is 0 Å². The lowest BCUT2D eigenvalue weighted by molar-refractivity contribution is 0.407. The van der Waals surface area contributed by atoms with Crippen molar-refractivity contribution >= 4 is 73.6 Å². The molecule has 0 aliphatic carbocycles. The highest BCUT2D eigenvalue weighted by Crippen LogP contribution is 2.43. The molecule has 2 rings (SSSR count). The highest BCUT2D eigenvalue weighted by atomic mass is 79.9. The Bertz CT molecular complexity index is 800. The maximum absolute atomic E-state index is 13.0. The number of methoxy groups -OCH3 is 2. The fraction of sp³-hybridized carbons (Fsp3) is 0.143. The first-order valence-corrected chi connectivity index (χ1v) is 10.7. The third-order valence-electron chi connectivity index (χ3n) is 3.01. The van der Waals surface area contributed by atoms with E-state index >= 15 is 0 Å². The first-order valence-electron chi connectivity index (χ1n) is 6.04. The van der Waals surface area contributed by atoms with Crippen molar-refractivity contribution < 1.29 is 17.9 Å². The molecule has 0 aromatic heterocycles. The molecule has 0 aliphatic heterocycles. The molecule has 9 heteroatoms. The fourth-order valence-electron chi connectivity index (χ4n) is 1.94. The number of benzene rings is 2. The van der Waals surface area contributed by atoms with Crippen molar-refractivity contribution in [3.05, 3.63) is 42.2 Å². The third-order valence-corrected chi connectivity index (χ3v) is 8.20. The SMILES string of the molecule is COc1c(Br)ccc(S(=O)(=O)c2ccc(Br)c(OC)c2Br)c1Br. The minimum absolute atomic E-state index is 0.0997. The minimum Gasteiger partial charge on any atom is -0.494 e. The molecule has 23 heavy (non-hydrogen) atoms. The molecule has 0 saturated heterocycles. The van der Waals surface area contributed by atoms with Crippen LogP contribution in [0.5, 0.6) is 11.5 Å². The summed E-state index contributed by atoms with van der Waals surface area (Å²) >= 11 is 13.3. The van der Waals surface area contributed by atoms with Crippen LogP contribution in [0.3, 0.4) is 0 Å². The van der Waals surface area contributed by atoms with Crippen molar-refractivity contribution in [2.24, 2.45) is 0 Å². The number of sulfone groups is 1. The molecule has 0 N–H and O–H groups in total. The number of halogens is 4. The van der Waals surface area contributed by atoms with Gasteiger partial charge >= 0.3 is 0 Å². The second kappa shape index (κ2) is 7.43. The van der Waals surface area contributed by atoms with E-state index in [1.807, 2.05) is 0 Å². The number of hydrogen-bond acceptors (Lipinski definition) is 4. The van der Waals surface area contributed by atoms with E-state index in [1.165, 1.54) is 26.4 Å². The molecular weight excluding hydrogens is 584 g/mol. The molecule has 0 fully saturated rings. The van der Waals surface area contributed by atoms with Crippen LogP contribution in [0.4, 0.5) is 0 Å². The molecule has 0 heterocycles. The number of hydrogen-bond donors (Lipinski definition) is 0. The zero-order valence-corrected chi connectivity index (χ0v) is 19.0. The Morgan fingerprint density at radius 3 is 1.39 bits per heavy atom. The highest BCUT2D eigenvalue weighted by Gasteiger charge is 2.28. The van der Waals surface area contributed by atoms with Crippen molar-refractivity contribution in [2.45, 2.75) is 9.79 Å². The zero-order valence-electron chi connectivity index (χ0n) is 11.9. The van der Waals surface area contributed by atoms with E-state index in [0.29, 0.717) is 29.4 Å². The van der Waals surface area contributed by atoms with Gasteiger partial charge < -0.3 is 9.47 Å². The predicted molar refractivity (Wildman–Crippen MR) is 102 cm³/mol. The fourth-order valence-corrected chi connectivity index (χ4v) is 7.14. The largest absolute Gasteiger partial charge is 0.494 e. The van der Waals surface area contributed by atoms with Crippen molar-refractivity contribution in [3.63, 3.8) is 0 Å². The minimum atomic E-state index is -3.79. The smallest absolute Gasteiger partial charge is 0.209 e. The van der Waals surface area contributed by atoms with Crippen LogP contribution in [-0.4, -0.2) is 22.6 Å². The Labute approximate surface area is 168 Å². The van der Waals surface area contributed by atoms with Crippen molar-refractivity contribution in [1.29, 1.82) is 0 Å². The summed E-state index contributed by atoms with van der Waals surface area (Å²) in [5.41, 5.74) is 0. The number of ether oxygens (including phenoxy) is 2. The van der Waals surface area contributed by atoms with Crippen LogP contribution < -0.4 is 9.47 Å². The molecule has 0 radical (unpaired) electrons. The van der Waals surface area contributed by atoms with Gasteiger partial charge in [0.05, 0.1) is 41.9 Å². The predicted octanol–water partition coefficient (Wildman–Crippen LogP) is 5.59. The molecule has 0 aliphatic rings. The Morgan fingerprint density at radius 1 is 0.739 bits per heavy atom. The molecule has 0 amide bonds. The van der Waals surface area contributed by atoms with E-state index < -0.39 is 9.84 Å². The first kappa shape index (κ1) is 19.2. The van der Waals surface area contributed by atoms with E-state index in [4.69, 9.17) is 9.47 Å². The quantitative estimate of drug-likeness (QED) is 0.464. The molecular formula is C14H10Br4O4S. The van der Waals surface area contributed by atoms with E-state index in [2.05, 4.69) is 63.7 Å². The Balaban J connectivity index is 2.75. The zero-order chi connectivity index (χ0) is 17.4. The molecule has 2 aromatic rings. The van der Waals surface area contributed by atoms with Crippen LogP contribution >= 0.6 is 63.7 Å². The van der Waals surface area contributed by atoms with Crippen LogP contribution in [0.25, 0.3) is 0 Å². The summed E-state index contributed by atoms with van der Waals surface area (Å²) in [4.78, 5) is 0.199. The summed E-state index contributed by atoms with van der Waals surface area (Å²) in [5, 5.41) is 0. The highest BCUT2D eigenvalue weighted by molar-refractivity contribution is 9.11. The monoisotopic (exact) mass is 590 g/mol. The van der Waals surface area contributed by atoms with E-state index in [1.54, 1.807) is 12.1 Å². The molecule has 4 nitrogen and oxygen atoms in total. The standard InChI is InChI=1S/C14H10Br4O4S/c1-21-13-7(15)3-5-9(11(13)17)23(19,20)10-6-4-8(16)14(22-2)12(10)18/h3-6H,1-2H3. The summed E-state index contributed by atoms with van der Waals surface area (Å²) < 4.78 is 38.5. The summed E-state index contributed by atoms with van der Waals surface area (Å²) in [7, 11) is -0.850. The first-order chi connectivity index (χ1) is 10.8. The lowest BCUT2D eigenvalue weighted by Crippen LogP contribution is -2.06. The Hall–Kier alpha value is -0.0900. The van der Waals surface area contributed by atoms with Gasteiger partial charge in [-0.1, -0.05) is 0 Å². The summed E-state index contributed by atoms with van der Waals surface area (Å²) in [6.07, 6.45) is 0. The topological polar surface area (TPSA) is 52.6 Å². The van der Waals surface area contributed by atoms with Crippen LogP contribution in [0.1, 0.15) is 0 Å². The average molecular weight is 594 g/mol. The van der Waals surface area contributed by atoms with Crippen molar-refractivity contribution in [1.82, 2.24) is 0 Å². The molecule has 0 spiro atoms. The van der Waals surface area contributed by atoms with Gasteiger partial charge in [0.1, 0.15) is 11.5 Å². The maximum Gasteiger partial charge on any atom is 0.209 e.